The first-order valence-corrected chi connectivity index (χ1v) is 9.00. The summed E-state index contributed by atoms with van der Waals surface area (Å²) in [5, 5.41) is 32.3. The summed E-state index contributed by atoms with van der Waals surface area (Å²) in [7, 11) is 0. The maximum absolute atomic E-state index is 13.0. The van der Waals surface area contributed by atoms with Gasteiger partial charge in [-0.3, -0.25) is 4.79 Å². The molecule has 0 spiro atoms. The van der Waals surface area contributed by atoms with Gasteiger partial charge >= 0.3 is 0 Å². The third kappa shape index (κ3) is 2.59. The topological polar surface area (TPSA) is 77.8 Å². The van der Waals surface area contributed by atoms with E-state index in [2.05, 4.69) is 13.8 Å². The van der Waals surface area contributed by atoms with Crippen molar-refractivity contribution in [2.75, 3.05) is 0 Å². The van der Waals surface area contributed by atoms with Crippen LogP contribution in [0.4, 0.5) is 0 Å². The van der Waals surface area contributed by atoms with E-state index in [1.165, 1.54) is 12.2 Å². The molecule has 0 aromatic rings. The summed E-state index contributed by atoms with van der Waals surface area (Å²) in [5.41, 5.74) is -2.00. The SMILES string of the molecule is CC1=C[C@@]2(O)C(=O)[C@H](C)C[C@@H]3[C@H](CC[C@](C)(O)/C=C\2[C@@H]1O)C3(C)C. The second kappa shape index (κ2) is 5.26. The van der Waals surface area contributed by atoms with Crippen LogP contribution in [0.3, 0.4) is 0 Å². The number of aliphatic hydroxyl groups is 3. The van der Waals surface area contributed by atoms with Crippen LogP contribution in [0.1, 0.15) is 53.9 Å². The molecule has 3 N–H and O–H groups in total. The highest BCUT2D eigenvalue weighted by atomic mass is 16.3. The Hall–Kier alpha value is -0.970. The number of Topliss-reactive ketones (excluding diaryl/α,β-unsaturated/α-hetero) is 1. The summed E-state index contributed by atoms with van der Waals surface area (Å²) in [4.78, 5) is 13.0. The monoisotopic (exact) mass is 334 g/mol. The molecule has 3 aliphatic carbocycles. The Labute approximate surface area is 144 Å². The van der Waals surface area contributed by atoms with Gasteiger partial charge in [0, 0.05) is 11.5 Å². The molecule has 4 heteroatoms. The summed E-state index contributed by atoms with van der Waals surface area (Å²) in [6.45, 7) is 9.71. The average molecular weight is 334 g/mol. The van der Waals surface area contributed by atoms with Gasteiger partial charge in [-0.1, -0.05) is 20.8 Å². The molecule has 0 amide bonds. The van der Waals surface area contributed by atoms with Crippen LogP contribution in [0.5, 0.6) is 0 Å². The average Bonchev–Trinajstić information content (AvgIpc) is 2.91. The van der Waals surface area contributed by atoms with Gasteiger partial charge in [-0.05, 0) is 68.1 Å². The largest absolute Gasteiger partial charge is 0.386 e. The van der Waals surface area contributed by atoms with Gasteiger partial charge in [-0.15, -0.1) is 0 Å². The second-order valence-electron chi connectivity index (χ2n) is 9.09. The van der Waals surface area contributed by atoms with Crippen LogP contribution in [0.25, 0.3) is 0 Å². The molecule has 3 rings (SSSR count). The zero-order chi connectivity index (χ0) is 18.1. The highest BCUT2D eigenvalue weighted by molar-refractivity contribution is 5.96. The number of hydrogen-bond acceptors (Lipinski definition) is 4. The van der Waals surface area contributed by atoms with Crippen LogP contribution in [0.2, 0.25) is 0 Å². The molecular formula is C20H30O4. The second-order valence-corrected chi connectivity index (χ2v) is 9.09. The Morgan fingerprint density at radius 1 is 1.12 bits per heavy atom. The molecule has 24 heavy (non-hydrogen) atoms. The molecule has 0 aromatic heterocycles. The van der Waals surface area contributed by atoms with E-state index in [1.54, 1.807) is 13.8 Å². The molecule has 1 saturated carbocycles. The Bertz CT molecular complexity index is 628. The molecule has 0 aromatic carbocycles. The summed E-state index contributed by atoms with van der Waals surface area (Å²) in [5.74, 6) is 0.370. The van der Waals surface area contributed by atoms with Gasteiger partial charge in [0.1, 0.15) is 0 Å². The summed E-state index contributed by atoms with van der Waals surface area (Å²) in [6.07, 6.45) is 4.17. The quantitative estimate of drug-likeness (QED) is 0.594. The third-order valence-electron chi connectivity index (χ3n) is 6.75. The predicted octanol–water partition coefficient (Wildman–Crippen LogP) is 2.38. The Balaban J connectivity index is 2.05. The Morgan fingerprint density at radius 3 is 2.38 bits per heavy atom. The van der Waals surface area contributed by atoms with Crippen molar-refractivity contribution in [2.24, 2.45) is 23.2 Å². The fraction of sp³-hybridized carbons (Fsp3) is 0.750. The molecule has 3 aliphatic rings. The molecule has 0 radical (unpaired) electrons. The van der Waals surface area contributed by atoms with Crippen molar-refractivity contribution >= 4 is 5.78 Å². The van der Waals surface area contributed by atoms with Crippen molar-refractivity contribution in [2.45, 2.75) is 71.2 Å². The van der Waals surface area contributed by atoms with Crippen molar-refractivity contribution in [3.05, 3.63) is 23.3 Å². The normalized spacial score (nSPS) is 50.1. The van der Waals surface area contributed by atoms with Crippen molar-refractivity contribution in [3.63, 3.8) is 0 Å². The smallest absolute Gasteiger partial charge is 0.175 e. The highest BCUT2D eigenvalue weighted by Gasteiger charge is 2.59. The fourth-order valence-corrected chi connectivity index (χ4v) is 4.96. The van der Waals surface area contributed by atoms with E-state index >= 15 is 0 Å². The Kier molecular flexibility index (Phi) is 3.91. The van der Waals surface area contributed by atoms with Gasteiger partial charge in [0.05, 0.1) is 11.7 Å². The van der Waals surface area contributed by atoms with Crippen molar-refractivity contribution in [3.8, 4) is 0 Å². The number of ketones is 1. The molecule has 134 valence electrons. The number of hydrogen-bond donors (Lipinski definition) is 3. The standard InChI is InChI=1S/C20H30O4/c1-11-8-14-13(18(14,3)4)6-7-19(5,23)10-15-16(21)12(2)9-20(15,24)17(11)22/h9-11,13-14,16,21,23-24H,6-8H2,1-5H3/b15-10-/t11-,13+,14-,16-,19+,20+/m1/s1. The first-order valence-electron chi connectivity index (χ1n) is 9.00. The summed E-state index contributed by atoms with van der Waals surface area (Å²) < 4.78 is 0. The zero-order valence-corrected chi connectivity index (χ0v) is 15.3. The van der Waals surface area contributed by atoms with Crippen molar-refractivity contribution in [1.29, 1.82) is 0 Å². The first-order chi connectivity index (χ1) is 10.9. The van der Waals surface area contributed by atoms with Gasteiger partial charge in [-0.25, -0.2) is 0 Å². The lowest BCUT2D eigenvalue weighted by Crippen LogP contribution is -2.43. The predicted molar refractivity (Wildman–Crippen MR) is 92.2 cm³/mol. The molecule has 0 bridgehead atoms. The van der Waals surface area contributed by atoms with Gasteiger partial charge in [0.15, 0.2) is 11.4 Å². The summed E-state index contributed by atoms with van der Waals surface area (Å²) >= 11 is 0. The zero-order valence-electron chi connectivity index (χ0n) is 15.3. The van der Waals surface area contributed by atoms with E-state index in [4.69, 9.17) is 0 Å². The lowest BCUT2D eigenvalue weighted by atomic mass is 9.81. The van der Waals surface area contributed by atoms with E-state index in [1.807, 2.05) is 6.92 Å². The van der Waals surface area contributed by atoms with Gasteiger partial charge in [0.2, 0.25) is 0 Å². The van der Waals surface area contributed by atoms with Crippen molar-refractivity contribution < 1.29 is 20.1 Å². The lowest BCUT2D eigenvalue weighted by Gasteiger charge is -2.29. The van der Waals surface area contributed by atoms with E-state index in [0.29, 0.717) is 23.8 Å². The third-order valence-corrected chi connectivity index (χ3v) is 6.75. The molecule has 4 nitrogen and oxygen atoms in total. The molecular weight excluding hydrogens is 304 g/mol. The number of rotatable bonds is 0. The lowest BCUT2D eigenvalue weighted by molar-refractivity contribution is -0.134. The fourth-order valence-electron chi connectivity index (χ4n) is 4.96. The van der Waals surface area contributed by atoms with Crippen LogP contribution < -0.4 is 0 Å². The van der Waals surface area contributed by atoms with E-state index in [9.17, 15) is 20.1 Å². The van der Waals surface area contributed by atoms with Gasteiger partial charge in [-0.2, -0.15) is 0 Å². The molecule has 0 heterocycles. The van der Waals surface area contributed by atoms with Crippen LogP contribution in [-0.2, 0) is 4.79 Å². The number of aliphatic hydroxyl groups excluding tert-OH is 1. The first kappa shape index (κ1) is 17.8. The maximum atomic E-state index is 13.0. The van der Waals surface area contributed by atoms with Gasteiger partial charge < -0.3 is 15.3 Å². The van der Waals surface area contributed by atoms with E-state index in [-0.39, 0.29) is 22.7 Å². The highest BCUT2D eigenvalue weighted by Crippen LogP contribution is 2.63. The molecule has 0 unspecified atom stereocenters. The van der Waals surface area contributed by atoms with Gasteiger partial charge in [0.25, 0.3) is 0 Å². The number of carbonyl (C=O) groups is 1. The van der Waals surface area contributed by atoms with Crippen LogP contribution in [-0.4, -0.2) is 38.4 Å². The summed E-state index contributed by atoms with van der Waals surface area (Å²) in [6, 6.07) is 0. The minimum absolute atomic E-state index is 0.180. The molecule has 1 fully saturated rings. The minimum atomic E-state index is -1.80. The van der Waals surface area contributed by atoms with Crippen LogP contribution >= 0.6 is 0 Å². The molecule has 6 atom stereocenters. The van der Waals surface area contributed by atoms with Crippen LogP contribution in [0, 0.1) is 23.2 Å². The van der Waals surface area contributed by atoms with E-state index < -0.39 is 17.3 Å². The number of carbonyl (C=O) groups excluding carboxylic acids is 1. The van der Waals surface area contributed by atoms with Crippen LogP contribution in [0.15, 0.2) is 23.3 Å². The minimum Gasteiger partial charge on any atom is -0.386 e. The number of fused-ring (bicyclic) bond motifs is 2. The molecule has 0 aliphatic heterocycles. The Morgan fingerprint density at radius 2 is 1.75 bits per heavy atom. The van der Waals surface area contributed by atoms with E-state index in [0.717, 1.165) is 12.8 Å². The maximum Gasteiger partial charge on any atom is 0.175 e. The van der Waals surface area contributed by atoms with Crippen molar-refractivity contribution in [1.82, 2.24) is 0 Å². The molecule has 0 saturated heterocycles.